The number of ether oxygens (including phenoxy) is 2. The van der Waals surface area contributed by atoms with Gasteiger partial charge in [-0.15, -0.1) is 0 Å². The lowest BCUT2D eigenvalue weighted by Crippen LogP contribution is -2.17. The number of rotatable bonds is 7. The topological polar surface area (TPSA) is 64.9 Å². The molecule has 0 radical (unpaired) electrons. The van der Waals surface area contributed by atoms with Crippen molar-refractivity contribution in [2.45, 2.75) is 27.3 Å². The van der Waals surface area contributed by atoms with Crippen LogP contribution in [0, 0.1) is 6.92 Å². The summed E-state index contributed by atoms with van der Waals surface area (Å²) in [4.78, 5) is 16.8. The van der Waals surface area contributed by atoms with Gasteiger partial charge in [-0.3, -0.25) is 9.20 Å². The van der Waals surface area contributed by atoms with Crippen LogP contribution in [0.25, 0.3) is 5.65 Å². The summed E-state index contributed by atoms with van der Waals surface area (Å²) in [5, 5.41) is 3.29. The summed E-state index contributed by atoms with van der Waals surface area (Å²) >= 11 is 0. The van der Waals surface area contributed by atoms with E-state index >= 15 is 0 Å². The Bertz CT molecular complexity index is 966. The van der Waals surface area contributed by atoms with E-state index in [-0.39, 0.29) is 5.56 Å². The van der Waals surface area contributed by atoms with Gasteiger partial charge < -0.3 is 14.8 Å². The molecule has 136 valence electrons. The number of benzene rings is 1. The fraction of sp³-hybridized carbons (Fsp3) is 0.300. The summed E-state index contributed by atoms with van der Waals surface area (Å²) < 4.78 is 12.8. The van der Waals surface area contributed by atoms with Gasteiger partial charge in [0.05, 0.1) is 25.5 Å². The summed E-state index contributed by atoms with van der Waals surface area (Å²) in [6.45, 7) is 7.41. The molecule has 2 aromatic heterocycles. The van der Waals surface area contributed by atoms with Crippen molar-refractivity contribution < 1.29 is 9.47 Å². The first-order valence-electron chi connectivity index (χ1n) is 8.73. The molecule has 6 heteroatoms. The molecule has 2 heterocycles. The molecule has 0 unspecified atom stereocenters. The number of nitrogens with one attached hydrogen (secondary N) is 1. The molecule has 0 aliphatic carbocycles. The molecule has 26 heavy (non-hydrogen) atoms. The minimum Gasteiger partial charge on any atom is -0.490 e. The summed E-state index contributed by atoms with van der Waals surface area (Å²) in [5.74, 6) is 1.42. The van der Waals surface area contributed by atoms with Crippen molar-refractivity contribution in [3.63, 3.8) is 0 Å². The van der Waals surface area contributed by atoms with Gasteiger partial charge in [0.15, 0.2) is 11.5 Å². The van der Waals surface area contributed by atoms with Crippen LogP contribution < -0.4 is 20.3 Å². The highest BCUT2D eigenvalue weighted by Gasteiger charge is 2.07. The average Bonchev–Trinajstić information content (AvgIpc) is 2.63. The van der Waals surface area contributed by atoms with Gasteiger partial charge in [-0.05, 0) is 44.5 Å². The van der Waals surface area contributed by atoms with Crippen LogP contribution in [0.4, 0.5) is 5.69 Å². The van der Waals surface area contributed by atoms with Crippen LogP contribution in [0.2, 0.25) is 0 Å². The van der Waals surface area contributed by atoms with E-state index in [2.05, 4.69) is 10.3 Å². The number of anilines is 1. The SMILES string of the molecule is CCOc1ccc(NCc2cc(=O)n3cc(C)ccc3n2)cc1OCC. The lowest BCUT2D eigenvalue weighted by molar-refractivity contribution is 0.288. The van der Waals surface area contributed by atoms with E-state index in [0.717, 1.165) is 17.0 Å². The van der Waals surface area contributed by atoms with Crippen molar-refractivity contribution in [3.8, 4) is 11.5 Å². The quantitative estimate of drug-likeness (QED) is 0.705. The lowest BCUT2D eigenvalue weighted by atomic mass is 10.2. The molecule has 0 saturated carbocycles. The monoisotopic (exact) mass is 353 g/mol. The molecule has 0 spiro atoms. The zero-order valence-electron chi connectivity index (χ0n) is 15.3. The van der Waals surface area contributed by atoms with E-state index in [1.54, 1.807) is 16.7 Å². The summed E-state index contributed by atoms with van der Waals surface area (Å²) in [5.41, 5.74) is 3.14. The van der Waals surface area contributed by atoms with E-state index in [1.807, 2.05) is 51.1 Å². The van der Waals surface area contributed by atoms with Crippen molar-refractivity contribution in [2.75, 3.05) is 18.5 Å². The molecule has 3 aromatic rings. The fourth-order valence-electron chi connectivity index (χ4n) is 2.70. The van der Waals surface area contributed by atoms with Crippen LogP contribution >= 0.6 is 0 Å². The summed E-state index contributed by atoms with van der Waals surface area (Å²) in [6, 6.07) is 11.0. The molecular weight excluding hydrogens is 330 g/mol. The van der Waals surface area contributed by atoms with Crippen molar-refractivity contribution in [1.82, 2.24) is 9.38 Å². The minimum absolute atomic E-state index is 0.0859. The molecule has 6 nitrogen and oxygen atoms in total. The van der Waals surface area contributed by atoms with Crippen molar-refractivity contribution in [3.05, 3.63) is 64.2 Å². The maximum Gasteiger partial charge on any atom is 0.258 e. The third-order valence-electron chi connectivity index (χ3n) is 3.88. The number of nitrogens with zero attached hydrogens (tertiary/aromatic N) is 2. The Kier molecular flexibility index (Phi) is 5.41. The van der Waals surface area contributed by atoms with Crippen molar-refractivity contribution >= 4 is 11.3 Å². The number of hydrogen-bond acceptors (Lipinski definition) is 5. The Balaban J connectivity index is 1.80. The number of fused-ring (bicyclic) bond motifs is 1. The Hall–Kier alpha value is -3.02. The highest BCUT2D eigenvalue weighted by Crippen LogP contribution is 2.30. The first-order valence-corrected chi connectivity index (χ1v) is 8.73. The average molecular weight is 353 g/mol. The van der Waals surface area contributed by atoms with Crippen LogP contribution in [0.3, 0.4) is 0 Å². The second-order valence-electron chi connectivity index (χ2n) is 5.90. The first kappa shape index (κ1) is 17.8. The third-order valence-corrected chi connectivity index (χ3v) is 3.88. The Morgan fingerprint density at radius 1 is 1.04 bits per heavy atom. The first-order chi connectivity index (χ1) is 12.6. The molecule has 0 aliphatic rings. The van der Waals surface area contributed by atoms with E-state index in [0.29, 0.717) is 36.8 Å². The fourth-order valence-corrected chi connectivity index (χ4v) is 2.70. The third kappa shape index (κ3) is 3.96. The van der Waals surface area contributed by atoms with Crippen LogP contribution in [0.5, 0.6) is 11.5 Å². The van der Waals surface area contributed by atoms with Gasteiger partial charge in [0, 0.05) is 24.0 Å². The molecule has 0 bridgehead atoms. The minimum atomic E-state index is -0.0859. The largest absolute Gasteiger partial charge is 0.490 e. The number of hydrogen-bond donors (Lipinski definition) is 1. The van der Waals surface area contributed by atoms with Gasteiger partial charge in [-0.1, -0.05) is 6.07 Å². The van der Waals surface area contributed by atoms with Crippen molar-refractivity contribution in [1.29, 1.82) is 0 Å². The van der Waals surface area contributed by atoms with Crippen LogP contribution in [0.15, 0.2) is 47.4 Å². The van der Waals surface area contributed by atoms with E-state index in [9.17, 15) is 4.79 Å². The van der Waals surface area contributed by atoms with Gasteiger partial charge in [0.2, 0.25) is 0 Å². The predicted octanol–water partition coefficient (Wildman–Crippen LogP) is 3.41. The predicted molar refractivity (Wildman–Crippen MR) is 102 cm³/mol. The number of aromatic nitrogens is 2. The van der Waals surface area contributed by atoms with Crippen LogP contribution in [-0.2, 0) is 6.54 Å². The molecule has 0 aliphatic heterocycles. The van der Waals surface area contributed by atoms with E-state index < -0.39 is 0 Å². The highest BCUT2D eigenvalue weighted by atomic mass is 16.5. The highest BCUT2D eigenvalue weighted by molar-refractivity contribution is 5.55. The molecule has 0 saturated heterocycles. The van der Waals surface area contributed by atoms with Crippen molar-refractivity contribution in [2.24, 2.45) is 0 Å². The molecule has 3 rings (SSSR count). The molecule has 0 fully saturated rings. The van der Waals surface area contributed by atoms with Gasteiger partial charge in [-0.2, -0.15) is 0 Å². The lowest BCUT2D eigenvalue weighted by Gasteiger charge is -2.13. The summed E-state index contributed by atoms with van der Waals surface area (Å²) in [7, 11) is 0. The number of aryl methyl sites for hydroxylation is 1. The smallest absolute Gasteiger partial charge is 0.258 e. The van der Waals surface area contributed by atoms with Crippen LogP contribution in [0.1, 0.15) is 25.1 Å². The Morgan fingerprint density at radius 2 is 1.81 bits per heavy atom. The molecule has 0 atom stereocenters. The van der Waals surface area contributed by atoms with Gasteiger partial charge >= 0.3 is 0 Å². The molecular formula is C20H23N3O3. The zero-order chi connectivity index (χ0) is 18.5. The van der Waals surface area contributed by atoms with Crippen LogP contribution in [-0.4, -0.2) is 22.6 Å². The second kappa shape index (κ2) is 7.91. The number of pyridine rings is 1. The normalized spacial score (nSPS) is 10.7. The maximum absolute atomic E-state index is 12.3. The Labute approximate surface area is 152 Å². The van der Waals surface area contributed by atoms with Gasteiger partial charge in [0.25, 0.3) is 5.56 Å². The Morgan fingerprint density at radius 3 is 2.58 bits per heavy atom. The van der Waals surface area contributed by atoms with E-state index in [1.165, 1.54) is 0 Å². The van der Waals surface area contributed by atoms with Gasteiger partial charge in [-0.25, -0.2) is 4.98 Å². The van der Waals surface area contributed by atoms with Gasteiger partial charge in [0.1, 0.15) is 5.65 Å². The standard InChI is InChI=1S/C20H23N3O3/c1-4-25-17-8-7-15(10-18(17)26-5-2)21-12-16-11-20(24)23-13-14(3)6-9-19(23)22-16/h6-11,13,21H,4-5,12H2,1-3H3. The molecule has 1 N–H and O–H groups in total. The maximum atomic E-state index is 12.3. The molecule has 1 aromatic carbocycles. The zero-order valence-corrected chi connectivity index (χ0v) is 15.3. The van der Waals surface area contributed by atoms with E-state index in [4.69, 9.17) is 9.47 Å². The summed E-state index contributed by atoms with van der Waals surface area (Å²) in [6.07, 6.45) is 1.79. The molecule has 0 amide bonds. The second-order valence-corrected chi connectivity index (χ2v) is 5.90.